The first-order valence-corrected chi connectivity index (χ1v) is 7.33. The van der Waals surface area contributed by atoms with E-state index in [1.807, 2.05) is 5.70 Å². The van der Waals surface area contributed by atoms with E-state index >= 15 is 0 Å². The highest BCUT2D eigenvalue weighted by molar-refractivity contribution is 7.36. The Morgan fingerprint density at radius 1 is 1.27 bits per heavy atom. The fourth-order valence-corrected chi connectivity index (χ4v) is 1.40. The largest absolute Gasteiger partial charge is 0.299 e. The van der Waals surface area contributed by atoms with Gasteiger partial charge in [0, 0.05) is 0 Å². The first-order chi connectivity index (χ1) is 4.86. The smallest absolute Gasteiger partial charge is 0.141 e. The predicted molar refractivity (Wildman–Crippen MR) is 55.2 cm³/mol. The van der Waals surface area contributed by atoms with Crippen molar-refractivity contribution in [3.63, 3.8) is 0 Å². The molecule has 0 rings (SSSR count). The first-order valence-electron chi connectivity index (χ1n) is 3.73. The van der Waals surface area contributed by atoms with Gasteiger partial charge in [0.05, 0.1) is 0 Å². The second kappa shape index (κ2) is 4.54. The molecule has 0 spiro atoms. The van der Waals surface area contributed by atoms with E-state index in [1.165, 1.54) is 0 Å². The van der Waals surface area contributed by atoms with Crippen molar-refractivity contribution in [1.82, 2.24) is 0 Å². The average molecular weight is 210 g/mol. The van der Waals surface area contributed by atoms with E-state index in [0.717, 1.165) is 0 Å². The van der Waals surface area contributed by atoms with E-state index in [9.17, 15) is 0 Å². The molecular weight excluding hydrogens is 195 g/mol. The van der Waals surface area contributed by atoms with Crippen molar-refractivity contribution in [3.8, 4) is 0 Å². The van der Waals surface area contributed by atoms with Gasteiger partial charge in [0.25, 0.3) is 7.42 Å². The van der Waals surface area contributed by atoms with E-state index in [4.69, 9.17) is 22.2 Å². The van der Waals surface area contributed by atoms with Crippen LogP contribution in [0.15, 0.2) is 11.8 Å². The molecule has 0 aromatic rings. The molecule has 3 heteroatoms. The van der Waals surface area contributed by atoms with Crippen molar-refractivity contribution < 1.29 is 0 Å². The second-order valence-corrected chi connectivity index (χ2v) is 7.54. The maximum Gasteiger partial charge on any atom is 0.299 e. The molecule has 0 fully saturated rings. The zero-order valence-electron chi connectivity index (χ0n) is 7.49. The van der Waals surface area contributed by atoms with Gasteiger partial charge >= 0.3 is 0 Å². The van der Waals surface area contributed by atoms with E-state index in [2.05, 4.69) is 33.8 Å². The molecule has 0 heterocycles. The molecule has 0 nitrogen and oxygen atoms in total. The van der Waals surface area contributed by atoms with Crippen molar-refractivity contribution in [3.05, 3.63) is 11.8 Å². The van der Waals surface area contributed by atoms with Crippen LogP contribution in [0.2, 0.25) is 0 Å². The fraction of sp³-hybridized carbons (Fsp3) is 0.750. The topological polar surface area (TPSA) is 0 Å². The highest BCUT2D eigenvalue weighted by atomic mass is 35.7. The summed E-state index contributed by atoms with van der Waals surface area (Å²) in [6, 6.07) is 0. The minimum atomic E-state index is -1.24. The molecule has 0 amide bonds. The van der Waals surface area contributed by atoms with Crippen LogP contribution >= 0.6 is 22.2 Å². The standard InChI is InChI=1S/C8H15Cl2Si/c1-7(2)8(3,4)5-6-11(9)10/h5-7H,1-4H3. The van der Waals surface area contributed by atoms with Crippen molar-refractivity contribution in [2.45, 2.75) is 27.7 Å². The Kier molecular flexibility index (Phi) is 4.76. The number of rotatable bonds is 3. The first kappa shape index (κ1) is 11.5. The van der Waals surface area contributed by atoms with Crippen LogP contribution in [0.3, 0.4) is 0 Å². The fourth-order valence-electron chi connectivity index (χ4n) is 0.470. The van der Waals surface area contributed by atoms with Gasteiger partial charge in [0.15, 0.2) is 0 Å². The molecule has 11 heavy (non-hydrogen) atoms. The van der Waals surface area contributed by atoms with Crippen molar-refractivity contribution in [1.29, 1.82) is 0 Å². The summed E-state index contributed by atoms with van der Waals surface area (Å²) in [7, 11) is -1.24. The van der Waals surface area contributed by atoms with Gasteiger partial charge in [-0.3, -0.25) is 0 Å². The lowest BCUT2D eigenvalue weighted by molar-refractivity contribution is 0.333. The molecule has 1 radical (unpaired) electrons. The molecule has 0 saturated heterocycles. The third-order valence-electron chi connectivity index (χ3n) is 2.13. The SMILES string of the molecule is CC(C)C(C)(C)C=C[Si](Cl)Cl. The molecule has 0 aromatic heterocycles. The van der Waals surface area contributed by atoms with Gasteiger partial charge in [0.1, 0.15) is 0 Å². The maximum atomic E-state index is 5.67. The third kappa shape index (κ3) is 4.89. The minimum absolute atomic E-state index is 0.208. The van der Waals surface area contributed by atoms with E-state index in [0.29, 0.717) is 5.92 Å². The van der Waals surface area contributed by atoms with Crippen molar-refractivity contribution in [2.75, 3.05) is 0 Å². The van der Waals surface area contributed by atoms with Gasteiger partial charge in [-0.1, -0.05) is 39.5 Å². The van der Waals surface area contributed by atoms with Crippen LogP contribution in [0.5, 0.6) is 0 Å². The van der Waals surface area contributed by atoms with Crippen LogP contribution in [-0.2, 0) is 0 Å². The summed E-state index contributed by atoms with van der Waals surface area (Å²) in [5.74, 6) is 0.619. The van der Waals surface area contributed by atoms with Gasteiger partial charge in [-0.25, -0.2) is 0 Å². The average Bonchev–Trinajstić information content (AvgIpc) is 1.84. The lowest BCUT2D eigenvalue weighted by Gasteiger charge is -2.24. The second-order valence-electron chi connectivity index (χ2n) is 3.60. The van der Waals surface area contributed by atoms with Gasteiger partial charge in [0.2, 0.25) is 0 Å². The summed E-state index contributed by atoms with van der Waals surface area (Å²) >= 11 is 11.3. The van der Waals surface area contributed by atoms with Crippen LogP contribution in [-0.4, -0.2) is 7.42 Å². The predicted octanol–water partition coefficient (Wildman–Crippen LogP) is 3.73. The molecular formula is C8H15Cl2Si. The van der Waals surface area contributed by atoms with Crippen LogP contribution in [0.1, 0.15) is 27.7 Å². The zero-order valence-corrected chi connectivity index (χ0v) is 10.00. The summed E-state index contributed by atoms with van der Waals surface area (Å²) < 4.78 is 0. The highest BCUT2D eigenvalue weighted by Gasteiger charge is 2.18. The highest BCUT2D eigenvalue weighted by Crippen LogP contribution is 2.27. The summed E-state index contributed by atoms with van der Waals surface area (Å²) in [6.07, 6.45) is 2.12. The van der Waals surface area contributed by atoms with Gasteiger partial charge < -0.3 is 0 Å². The van der Waals surface area contributed by atoms with Crippen molar-refractivity contribution in [2.24, 2.45) is 11.3 Å². The zero-order chi connectivity index (χ0) is 9.07. The van der Waals surface area contributed by atoms with Crippen molar-refractivity contribution >= 4 is 29.6 Å². The molecule has 0 N–H and O–H groups in total. The Balaban J connectivity index is 4.11. The van der Waals surface area contributed by atoms with Crippen LogP contribution in [0.25, 0.3) is 0 Å². The summed E-state index contributed by atoms with van der Waals surface area (Å²) in [4.78, 5) is 0. The van der Waals surface area contributed by atoms with E-state index in [-0.39, 0.29) is 5.41 Å². The number of halogens is 2. The molecule has 0 bridgehead atoms. The molecule has 0 aliphatic carbocycles. The quantitative estimate of drug-likeness (QED) is 0.491. The maximum absolute atomic E-state index is 5.67. The van der Waals surface area contributed by atoms with E-state index < -0.39 is 7.42 Å². The lowest BCUT2D eigenvalue weighted by atomic mass is 9.82. The molecule has 0 unspecified atom stereocenters. The van der Waals surface area contributed by atoms with E-state index in [1.54, 1.807) is 0 Å². The summed E-state index contributed by atoms with van der Waals surface area (Å²) in [5.41, 5.74) is 2.13. The monoisotopic (exact) mass is 209 g/mol. The molecule has 0 atom stereocenters. The van der Waals surface area contributed by atoms with Gasteiger partial charge in [-0.15, -0.1) is 22.2 Å². The lowest BCUT2D eigenvalue weighted by Crippen LogP contribution is -2.16. The Bertz CT molecular complexity index is 139. The number of allylic oxidation sites excluding steroid dienone is 1. The number of hydrogen-bond donors (Lipinski definition) is 0. The third-order valence-corrected chi connectivity index (χ3v) is 3.30. The molecule has 0 aliphatic heterocycles. The van der Waals surface area contributed by atoms with Gasteiger partial charge in [-0.2, -0.15) is 0 Å². The Morgan fingerprint density at radius 2 is 1.73 bits per heavy atom. The van der Waals surface area contributed by atoms with Crippen LogP contribution in [0, 0.1) is 11.3 Å². The molecule has 0 aliphatic rings. The summed E-state index contributed by atoms with van der Waals surface area (Å²) in [6.45, 7) is 8.76. The van der Waals surface area contributed by atoms with Crippen LogP contribution < -0.4 is 0 Å². The van der Waals surface area contributed by atoms with Crippen LogP contribution in [0.4, 0.5) is 0 Å². The summed E-state index contributed by atoms with van der Waals surface area (Å²) in [5, 5.41) is 0. The Hall–Kier alpha value is 0.537. The Labute approximate surface area is 80.6 Å². The minimum Gasteiger partial charge on any atom is -0.141 e. The normalized spacial score (nSPS) is 13.8. The molecule has 0 saturated carbocycles. The molecule has 0 aromatic carbocycles. The Morgan fingerprint density at radius 3 is 2.00 bits per heavy atom. The number of hydrogen-bond acceptors (Lipinski definition) is 0. The molecule has 65 valence electrons. The van der Waals surface area contributed by atoms with Gasteiger partial charge in [-0.05, 0) is 11.3 Å².